The van der Waals surface area contributed by atoms with E-state index in [0.717, 1.165) is 10.4 Å². The Labute approximate surface area is 161 Å². The Bertz CT molecular complexity index is 796. The zero-order valence-corrected chi connectivity index (χ0v) is 16.8. The van der Waals surface area contributed by atoms with Crippen molar-refractivity contribution in [1.82, 2.24) is 4.31 Å². The minimum absolute atomic E-state index is 0.173. The van der Waals surface area contributed by atoms with Crippen LogP contribution in [0.15, 0.2) is 12.1 Å². The van der Waals surface area contributed by atoms with Gasteiger partial charge in [0.25, 0.3) is 0 Å². The van der Waals surface area contributed by atoms with Gasteiger partial charge in [0.1, 0.15) is 17.2 Å². The number of nitrogens with zero attached hydrogens (tertiary/aromatic N) is 1. The fraction of sp³-hybridized carbons (Fsp3) is 0.647. The molecule has 27 heavy (non-hydrogen) atoms. The third-order valence-electron chi connectivity index (χ3n) is 4.39. The molecule has 0 fully saturated rings. The summed E-state index contributed by atoms with van der Waals surface area (Å²) < 4.78 is 83.7. The maximum absolute atomic E-state index is 14.0. The molecular formula is C17H22ClF4NO3S. The molecule has 1 aliphatic heterocycles. The molecule has 0 saturated carbocycles. The Balaban J connectivity index is 2.46. The average Bonchev–Trinajstić information content (AvgIpc) is 2.51. The van der Waals surface area contributed by atoms with Crippen molar-refractivity contribution in [3.8, 4) is 5.75 Å². The molecule has 10 heteroatoms. The molecule has 0 radical (unpaired) electrons. The average molecular weight is 432 g/mol. The van der Waals surface area contributed by atoms with Crippen molar-refractivity contribution in [2.24, 2.45) is 0 Å². The lowest BCUT2D eigenvalue weighted by Gasteiger charge is -2.42. The molecule has 0 bridgehead atoms. The number of hydrogen-bond donors (Lipinski definition) is 0. The van der Waals surface area contributed by atoms with Crippen molar-refractivity contribution >= 4 is 21.6 Å². The van der Waals surface area contributed by atoms with Crippen molar-refractivity contribution in [1.29, 1.82) is 0 Å². The largest absolute Gasteiger partial charge is 0.487 e. The zero-order valence-electron chi connectivity index (χ0n) is 15.2. The van der Waals surface area contributed by atoms with Crippen LogP contribution in [0.25, 0.3) is 0 Å². The van der Waals surface area contributed by atoms with E-state index in [-0.39, 0.29) is 41.5 Å². The second kappa shape index (κ2) is 7.75. The van der Waals surface area contributed by atoms with Crippen molar-refractivity contribution in [2.75, 3.05) is 12.3 Å². The van der Waals surface area contributed by atoms with Crippen LogP contribution in [0, 0.1) is 5.82 Å². The number of sulfonamides is 1. The minimum atomic E-state index is -4.38. The maximum atomic E-state index is 14.0. The van der Waals surface area contributed by atoms with E-state index in [1.807, 2.05) is 0 Å². The van der Waals surface area contributed by atoms with Crippen molar-refractivity contribution in [2.45, 2.75) is 57.9 Å². The van der Waals surface area contributed by atoms with E-state index in [0.29, 0.717) is 0 Å². The normalized spacial score (nSPS) is 19.7. The first-order valence-corrected chi connectivity index (χ1v) is 10.5. The highest BCUT2D eigenvalue weighted by molar-refractivity contribution is 7.89. The van der Waals surface area contributed by atoms with Gasteiger partial charge >= 0.3 is 6.18 Å². The van der Waals surface area contributed by atoms with Gasteiger partial charge in [0.15, 0.2) is 0 Å². The molecule has 1 unspecified atom stereocenters. The van der Waals surface area contributed by atoms with Crippen molar-refractivity contribution < 1.29 is 30.7 Å². The van der Waals surface area contributed by atoms with Gasteiger partial charge in [0.2, 0.25) is 10.0 Å². The molecule has 1 atom stereocenters. The summed E-state index contributed by atoms with van der Waals surface area (Å²) in [5.41, 5.74) is -0.537. The summed E-state index contributed by atoms with van der Waals surface area (Å²) in [7, 11) is -3.84. The van der Waals surface area contributed by atoms with Crippen LogP contribution in [0.5, 0.6) is 5.75 Å². The van der Waals surface area contributed by atoms with E-state index in [9.17, 15) is 26.0 Å². The van der Waals surface area contributed by atoms with E-state index < -0.39 is 40.1 Å². The van der Waals surface area contributed by atoms with E-state index in [1.54, 1.807) is 13.8 Å². The molecule has 4 nitrogen and oxygen atoms in total. The van der Waals surface area contributed by atoms with Crippen molar-refractivity contribution in [3.63, 3.8) is 0 Å². The fourth-order valence-corrected chi connectivity index (χ4v) is 4.62. The number of rotatable bonds is 6. The van der Waals surface area contributed by atoms with Gasteiger partial charge in [-0.3, -0.25) is 0 Å². The van der Waals surface area contributed by atoms with Crippen LogP contribution in [-0.4, -0.2) is 36.8 Å². The van der Waals surface area contributed by atoms with E-state index in [4.69, 9.17) is 16.3 Å². The number of ether oxygens (including phenoxy) is 1. The van der Waals surface area contributed by atoms with Crippen LogP contribution in [0.2, 0.25) is 5.02 Å². The topological polar surface area (TPSA) is 46.6 Å². The smallest absolute Gasteiger partial charge is 0.389 e. The van der Waals surface area contributed by atoms with Crippen LogP contribution >= 0.6 is 11.6 Å². The van der Waals surface area contributed by atoms with Gasteiger partial charge in [-0.2, -0.15) is 17.5 Å². The highest BCUT2D eigenvalue weighted by Crippen LogP contribution is 2.45. The highest BCUT2D eigenvalue weighted by atomic mass is 35.5. The monoisotopic (exact) mass is 431 g/mol. The summed E-state index contributed by atoms with van der Waals surface area (Å²) in [5.74, 6) is -0.787. The number of fused-ring (bicyclic) bond motifs is 1. The van der Waals surface area contributed by atoms with E-state index in [2.05, 4.69) is 0 Å². The van der Waals surface area contributed by atoms with Crippen LogP contribution in [0.3, 0.4) is 0 Å². The van der Waals surface area contributed by atoms with Gasteiger partial charge in [-0.1, -0.05) is 11.6 Å². The first-order chi connectivity index (χ1) is 12.3. The third-order valence-corrected chi connectivity index (χ3v) is 6.56. The van der Waals surface area contributed by atoms with Gasteiger partial charge in [-0.05, 0) is 33.3 Å². The molecule has 0 aromatic heterocycles. The molecule has 0 saturated heterocycles. The van der Waals surface area contributed by atoms with Crippen molar-refractivity contribution in [3.05, 3.63) is 28.5 Å². The summed E-state index contributed by atoms with van der Waals surface area (Å²) in [6, 6.07) is 1.53. The predicted octanol–water partition coefficient (Wildman–Crippen LogP) is 5.08. The number of benzene rings is 1. The fourth-order valence-electron chi connectivity index (χ4n) is 3.15. The molecule has 0 spiro atoms. The summed E-state index contributed by atoms with van der Waals surface area (Å²) in [4.78, 5) is 0. The number of halogens is 5. The van der Waals surface area contributed by atoms with Gasteiger partial charge in [-0.25, -0.2) is 12.8 Å². The highest BCUT2D eigenvalue weighted by Gasteiger charge is 2.41. The summed E-state index contributed by atoms with van der Waals surface area (Å²) in [6.07, 6.45) is -5.69. The van der Waals surface area contributed by atoms with E-state index in [1.165, 1.54) is 13.0 Å². The molecule has 2 rings (SSSR count). The molecule has 154 valence electrons. The first kappa shape index (κ1) is 22.2. The Morgan fingerprint density at radius 1 is 1.33 bits per heavy atom. The summed E-state index contributed by atoms with van der Waals surface area (Å²) in [6.45, 7) is 4.55. The van der Waals surface area contributed by atoms with Gasteiger partial charge in [0.05, 0.1) is 16.8 Å². The molecule has 1 aromatic rings. The summed E-state index contributed by atoms with van der Waals surface area (Å²) >= 11 is 5.81. The van der Waals surface area contributed by atoms with Gasteiger partial charge < -0.3 is 4.74 Å². The first-order valence-electron chi connectivity index (χ1n) is 8.50. The van der Waals surface area contributed by atoms with Crippen LogP contribution in [-0.2, 0) is 10.0 Å². The Morgan fingerprint density at radius 2 is 1.96 bits per heavy atom. The minimum Gasteiger partial charge on any atom is -0.487 e. The molecular weight excluding hydrogens is 410 g/mol. The Hall–Kier alpha value is -1.06. The molecule has 1 aliphatic rings. The molecule has 1 aromatic carbocycles. The predicted molar refractivity (Wildman–Crippen MR) is 94.9 cm³/mol. The lowest BCUT2D eigenvalue weighted by atomic mass is 9.89. The quantitative estimate of drug-likeness (QED) is 0.590. The summed E-state index contributed by atoms with van der Waals surface area (Å²) in [5, 5.41) is -0.174. The Kier molecular flexibility index (Phi) is 6.38. The SMILES string of the molecule is CCS(=O)(=O)N(CCCC(F)(F)F)C1CC(C)(C)Oc2cc(Cl)c(F)cc21. The second-order valence-electron chi connectivity index (χ2n) is 7.12. The zero-order chi connectivity index (χ0) is 20.6. The van der Waals surface area contributed by atoms with Crippen LogP contribution in [0.1, 0.15) is 51.6 Å². The van der Waals surface area contributed by atoms with Crippen LogP contribution in [0.4, 0.5) is 17.6 Å². The lowest BCUT2D eigenvalue weighted by Crippen LogP contribution is -2.44. The molecule has 0 amide bonds. The molecule has 0 N–H and O–H groups in total. The van der Waals surface area contributed by atoms with Crippen LogP contribution < -0.4 is 4.74 Å². The number of alkyl halides is 3. The lowest BCUT2D eigenvalue weighted by molar-refractivity contribution is -0.136. The third kappa shape index (κ3) is 5.48. The maximum Gasteiger partial charge on any atom is 0.389 e. The molecule has 0 aliphatic carbocycles. The van der Waals surface area contributed by atoms with Gasteiger partial charge in [-0.15, -0.1) is 0 Å². The standard InChI is InChI=1S/C17H22ClF4NO3S/c1-4-27(24,25)23(7-5-6-17(20,21)22)14-10-16(2,3)26-15-9-12(18)13(19)8-11(14)15/h8-9,14H,4-7,10H2,1-3H3. The molecule has 1 heterocycles. The Morgan fingerprint density at radius 3 is 2.52 bits per heavy atom. The number of hydrogen-bond acceptors (Lipinski definition) is 3. The van der Waals surface area contributed by atoms with E-state index >= 15 is 0 Å². The van der Waals surface area contributed by atoms with Gasteiger partial charge in [0, 0.05) is 31.0 Å². The second-order valence-corrected chi connectivity index (χ2v) is 9.73.